The number of nitrogens with one attached hydrogen (secondary N) is 1. The first kappa shape index (κ1) is 25.5. The van der Waals surface area contributed by atoms with Gasteiger partial charge < -0.3 is 14.7 Å². The molecule has 4 rings (SSSR count). The molecule has 1 unspecified atom stereocenters. The average molecular weight is 546 g/mol. The fraction of sp³-hybridized carbons (Fsp3) is 0.115. The highest BCUT2D eigenvalue weighted by Crippen LogP contribution is 2.49. The van der Waals surface area contributed by atoms with Gasteiger partial charge in [-0.3, -0.25) is 4.57 Å². The lowest BCUT2D eigenvalue weighted by molar-refractivity contribution is 0.0703. The normalized spacial score (nSPS) is 12.8. The third-order valence-electron chi connectivity index (χ3n) is 5.54. The van der Waals surface area contributed by atoms with Crippen LogP contribution in [0.3, 0.4) is 0 Å². The molecular formula is C26H22Cl2NO4PS. The Morgan fingerprint density at radius 1 is 0.914 bits per heavy atom. The first-order chi connectivity index (χ1) is 16.6. The lowest BCUT2D eigenvalue weighted by Crippen LogP contribution is -2.17. The predicted octanol–water partition coefficient (Wildman–Crippen LogP) is 8.28. The van der Waals surface area contributed by atoms with E-state index in [0.29, 0.717) is 20.2 Å². The summed E-state index contributed by atoms with van der Waals surface area (Å²) in [6, 6.07) is 20.3. The Morgan fingerprint density at radius 2 is 1.57 bits per heavy atom. The van der Waals surface area contributed by atoms with Crippen molar-refractivity contribution in [3.05, 3.63) is 92.8 Å². The lowest BCUT2D eigenvalue weighted by Gasteiger charge is -2.20. The minimum absolute atomic E-state index is 0.0515. The van der Waals surface area contributed by atoms with Crippen LogP contribution in [0.5, 0.6) is 0 Å². The van der Waals surface area contributed by atoms with Gasteiger partial charge >= 0.3 is 13.5 Å². The van der Waals surface area contributed by atoms with Crippen LogP contribution < -0.4 is 10.4 Å². The molecule has 3 aromatic carbocycles. The summed E-state index contributed by atoms with van der Waals surface area (Å²) in [5.41, 5.74) is 4.76. The molecular weight excluding hydrogens is 524 g/mol. The number of aryl methyl sites for hydroxylation is 2. The van der Waals surface area contributed by atoms with Crippen LogP contribution >= 0.6 is 42.1 Å². The number of hydrogen-bond donors (Lipinski definition) is 2. The van der Waals surface area contributed by atoms with Crippen molar-refractivity contribution in [2.24, 2.45) is 0 Å². The molecule has 0 spiro atoms. The number of benzene rings is 3. The Balaban J connectivity index is 1.69. The average Bonchev–Trinajstić information content (AvgIpc) is 3.24. The minimum atomic E-state index is -3.56. The number of carboxylic acids is 1. The maximum Gasteiger partial charge on any atom is 0.348 e. The Bertz CT molecular complexity index is 1470. The molecule has 0 saturated carbocycles. The van der Waals surface area contributed by atoms with E-state index in [9.17, 15) is 14.5 Å². The van der Waals surface area contributed by atoms with Gasteiger partial charge in [0.2, 0.25) is 0 Å². The van der Waals surface area contributed by atoms with Crippen molar-refractivity contribution in [3.8, 4) is 21.6 Å². The molecule has 1 atom stereocenters. The number of aromatic carboxylic acids is 1. The molecule has 0 fully saturated rings. The van der Waals surface area contributed by atoms with Gasteiger partial charge in [-0.1, -0.05) is 71.2 Å². The highest BCUT2D eigenvalue weighted by molar-refractivity contribution is 7.68. The molecule has 180 valence electrons. The summed E-state index contributed by atoms with van der Waals surface area (Å²) < 4.78 is 19.1. The molecule has 4 aromatic rings. The molecule has 0 bridgehead atoms. The van der Waals surface area contributed by atoms with Gasteiger partial charge in [0, 0.05) is 12.0 Å². The van der Waals surface area contributed by atoms with Gasteiger partial charge in [-0.15, -0.1) is 11.3 Å². The van der Waals surface area contributed by atoms with E-state index in [4.69, 9.17) is 27.7 Å². The van der Waals surface area contributed by atoms with E-state index in [1.165, 1.54) is 7.11 Å². The van der Waals surface area contributed by atoms with Gasteiger partial charge in [0.25, 0.3) is 0 Å². The van der Waals surface area contributed by atoms with Crippen LogP contribution in [-0.2, 0) is 9.09 Å². The van der Waals surface area contributed by atoms with Crippen molar-refractivity contribution in [1.82, 2.24) is 0 Å². The van der Waals surface area contributed by atoms with Crippen molar-refractivity contribution in [2.75, 3.05) is 12.2 Å². The monoisotopic (exact) mass is 545 g/mol. The quantitative estimate of drug-likeness (QED) is 0.228. The SMILES string of the molecule is COP(=O)(Nc1cc(-c2ccc(-c3ccc(Cl)c(Cl)c3)cc2)sc1C(=O)O)c1ccc(C)cc1C. The zero-order chi connectivity index (χ0) is 25.3. The number of carboxylic acid groups (broad SMARTS) is 1. The minimum Gasteiger partial charge on any atom is -0.477 e. The first-order valence-corrected chi connectivity index (χ1v) is 13.8. The van der Waals surface area contributed by atoms with Crippen LogP contribution in [0.2, 0.25) is 10.0 Å². The van der Waals surface area contributed by atoms with E-state index >= 15 is 0 Å². The number of thiophene rings is 1. The number of rotatable bonds is 7. The summed E-state index contributed by atoms with van der Waals surface area (Å²) in [7, 11) is -2.21. The van der Waals surface area contributed by atoms with Gasteiger partial charge in [-0.05, 0) is 60.4 Å². The summed E-state index contributed by atoms with van der Waals surface area (Å²) in [5.74, 6) is -1.11. The van der Waals surface area contributed by atoms with Gasteiger partial charge in [-0.2, -0.15) is 0 Å². The molecule has 0 amide bonds. The van der Waals surface area contributed by atoms with Crippen LogP contribution in [0.1, 0.15) is 20.8 Å². The number of hydrogen-bond acceptors (Lipinski definition) is 4. The van der Waals surface area contributed by atoms with Crippen LogP contribution in [0.15, 0.2) is 66.7 Å². The summed E-state index contributed by atoms with van der Waals surface area (Å²) in [5, 5.41) is 14.2. The molecule has 0 saturated heterocycles. The summed E-state index contributed by atoms with van der Waals surface area (Å²) in [4.78, 5) is 12.8. The summed E-state index contributed by atoms with van der Waals surface area (Å²) >= 11 is 13.3. The highest BCUT2D eigenvalue weighted by atomic mass is 35.5. The van der Waals surface area contributed by atoms with E-state index in [1.807, 2.05) is 56.3 Å². The molecule has 1 aromatic heterocycles. The number of carbonyl (C=O) groups is 1. The smallest absolute Gasteiger partial charge is 0.348 e. The largest absolute Gasteiger partial charge is 0.477 e. The molecule has 0 radical (unpaired) electrons. The van der Waals surface area contributed by atoms with Crippen LogP contribution in [0, 0.1) is 13.8 Å². The number of halogens is 2. The molecule has 9 heteroatoms. The third-order valence-corrected chi connectivity index (χ3v) is 9.64. The van der Waals surface area contributed by atoms with Gasteiger partial charge in [-0.25, -0.2) is 4.79 Å². The zero-order valence-corrected chi connectivity index (χ0v) is 22.4. The second kappa shape index (κ2) is 10.2. The molecule has 0 aliphatic rings. The Labute approximate surface area is 217 Å². The lowest BCUT2D eigenvalue weighted by atomic mass is 10.0. The van der Waals surface area contributed by atoms with E-state index in [0.717, 1.165) is 39.2 Å². The topological polar surface area (TPSA) is 75.6 Å². The predicted molar refractivity (Wildman–Crippen MR) is 146 cm³/mol. The van der Waals surface area contributed by atoms with E-state index in [-0.39, 0.29) is 10.6 Å². The van der Waals surface area contributed by atoms with E-state index in [2.05, 4.69) is 5.09 Å². The third kappa shape index (κ3) is 5.32. The Kier molecular flexibility index (Phi) is 7.41. The van der Waals surface area contributed by atoms with Gasteiger partial charge in [0.15, 0.2) is 0 Å². The Morgan fingerprint density at radius 3 is 2.17 bits per heavy atom. The van der Waals surface area contributed by atoms with Gasteiger partial charge in [0.1, 0.15) is 4.88 Å². The van der Waals surface area contributed by atoms with Crippen LogP contribution in [-0.4, -0.2) is 18.2 Å². The Hall–Kier alpha value is -2.60. The summed E-state index contributed by atoms with van der Waals surface area (Å²) in [6.45, 7) is 3.80. The molecule has 35 heavy (non-hydrogen) atoms. The molecule has 0 aliphatic carbocycles. The first-order valence-electron chi connectivity index (χ1n) is 10.6. The van der Waals surface area contributed by atoms with Crippen molar-refractivity contribution < 1.29 is 19.0 Å². The van der Waals surface area contributed by atoms with Crippen molar-refractivity contribution in [2.45, 2.75) is 13.8 Å². The highest BCUT2D eigenvalue weighted by Gasteiger charge is 2.30. The van der Waals surface area contributed by atoms with Crippen LogP contribution in [0.25, 0.3) is 21.6 Å². The molecule has 0 aliphatic heterocycles. The van der Waals surface area contributed by atoms with Gasteiger partial charge in [0.05, 0.1) is 21.0 Å². The molecule has 1 heterocycles. The van der Waals surface area contributed by atoms with E-state index in [1.54, 1.807) is 24.3 Å². The van der Waals surface area contributed by atoms with E-state index < -0.39 is 13.5 Å². The maximum absolute atomic E-state index is 13.7. The fourth-order valence-corrected chi connectivity index (χ4v) is 6.81. The second-order valence-electron chi connectivity index (χ2n) is 8.00. The molecule has 2 N–H and O–H groups in total. The second-order valence-corrected chi connectivity index (χ2v) is 12.0. The number of anilines is 1. The summed E-state index contributed by atoms with van der Waals surface area (Å²) in [6.07, 6.45) is 0. The van der Waals surface area contributed by atoms with Crippen molar-refractivity contribution in [1.29, 1.82) is 0 Å². The maximum atomic E-state index is 13.7. The fourth-order valence-electron chi connectivity index (χ4n) is 3.78. The van der Waals surface area contributed by atoms with Crippen molar-refractivity contribution >= 4 is 59.0 Å². The standard InChI is InChI=1S/C26H22Cl2NO4PS/c1-15-4-11-23(16(2)12-15)34(32,33-3)29-22-14-24(35-25(22)26(30)31)18-7-5-17(6-8-18)19-9-10-20(27)21(28)13-19/h4-14H,1-3H3,(H,29,32)(H,30,31). The molecule has 5 nitrogen and oxygen atoms in total. The zero-order valence-electron chi connectivity index (χ0n) is 19.1. The van der Waals surface area contributed by atoms with Crippen LogP contribution in [0.4, 0.5) is 5.69 Å². The van der Waals surface area contributed by atoms with Crippen molar-refractivity contribution in [3.63, 3.8) is 0 Å².